The summed E-state index contributed by atoms with van der Waals surface area (Å²) in [5.41, 5.74) is 32.8. The first-order valence-corrected chi connectivity index (χ1v) is 33.0. The number of nitrogens with one attached hydrogen (secondary N) is 1. The fraction of sp³-hybridized carbons (Fsp3) is 0.0222. The Labute approximate surface area is 556 Å². The second kappa shape index (κ2) is 20.3. The lowest BCUT2D eigenvalue weighted by atomic mass is 9.70. The van der Waals surface area contributed by atoms with Gasteiger partial charge in [0.25, 0.3) is 0 Å². The minimum absolute atomic E-state index is 0.290. The smallest absolute Gasteiger partial charge is 0.121 e. The Hall–Kier alpha value is -11.9. The standard InChI is InChI=1S/C90H56N4S/c91-87-65(61-40-48-84-74(51-61)75-50-57-18-4-5-19-58(57)54-86(75)94(84)62-20-2-1-3-21-62)47-49-85(88(87)92-95)93(63-41-34-55(35-42-63)59-38-45-72-70-26-10-16-32-80(70)89(82(72)52-59)76-28-12-6-22-66(76)67-23-7-13-29-77(67)89)64-43-36-56(37-44-64)60-39-46-73-71-27-11-17-33-81(71)90(83(73)53-60)78-30-14-8-24-68(78)69-25-9-15-31-79(69)90/h1-54,91,95H/b91-87?,92-88-. The summed E-state index contributed by atoms with van der Waals surface area (Å²) in [7, 11) is 0. The molecule has 442 valence electrons. The largest absolute Gasteiger partial charge is 0.309 e. The molecule has 0 amide bonds. The highest BCUT2D eigenvalue weighted by atomic mass is 32.1. The number of rotatable bonds is 7. The number of anilines is 2. The molecule has 14 aromatic carbocycles. The SMILES string of the molecule is N=C1C(c2ccc3c(c2)c2cc4ccccc4cc2n3-c2ccccc2)=CC=C(N(c2ccc(-c3ccc4c(c3)C3(c5ccccc5-c5ccccc53)c3ccccc3-4)cc2)c2ccc(-c3ccc4c(c3)C3(c5ccccc5-c5ccccc53)c3ccccc3-4)cc2)/C1=N/S. The van der Waals surface area contributed by atoms with Crippen molar-refractivity contribution in [1.82, 2.24) is 4.57 Å². The van der Waals surface area contributed by atoms with E-state index in [0.29, 0.717) is 11.4 Å². The fourth-order valence-electron chi connectivity index (χ4n) is 17.4. The van der Waals surface area contributed by atoms with E-state index in [9.17, 15) is 5.41 Å². The number of hydrogen-bond acceptors (Lipinski definition) is 4. The number of hydrogen-bond donors (Lipinski definition) is 2. The summed E-state index contributed by atoms with van der Waals surface area (Å²) in [4.78, 5) is 2.24. The van der Waals surface area contributed by atoms with Gasteiger partial charge in [0.05, 0.1) is 33.3 Å². The number of fused-ring (bicyclic) bond motifs is 24. The molecule has 0 saturated heterocycles. The Bertz CT molecular complexity index is 5580. The van der Waals surface area contributed by atoms with Crippen molar-refractivity contribution in [3.05, 3.63) is 383 Å². The Morgan fingerprint density at radius 1 is 0.316 bits per heavy atom. The molecule has 0 radical (unpaired) electrons. The van der Waals surface area contributed by atoms with Gasteiger partial charge in [0.2, 0.25) is 0 Å². The van der Waals surface area contributed by atoms with Gasteiger partial charge >= 0.3 is 0 Å². The molecule has 0 bridgehead atoms. The quantitative estimate of drug-likeness (QED) is 0.121. The van der Waals surface area contributed by atoms with E-state index in [1.54, 1.807) is 0 Å². The van der Waals surface area contributed by atoms with Gasteiger partial charge in [-0.25, -0.2) is 4.40 Å². The molecule has 95 heavy (non-hydrogen) atoms. The lowest BCUT2D eigenvalue weighted by Crippen LogP contribution is -2.30. The maximum atomic E-state index is 10.2. The van der Waals surface area contributed by atoms with E-state index in [0.717, 1.165) is 78.0 Å². The third kappa shape index (κ3) is 7.39. The third-order valence-corrected chi connectivity index (χ3v) is 21.6. The molecule has 5 aliphatic rings. The summed E-state index contributed by atoms with van der Waals surface area (Å²) >= 11 is 4.76. The number of para-hydroxylation sites is 1. The van der Waals surface area contributed by atoms with Crippen molar-refractivity contribution in [3.8, 4) is 72.4 Å². The topological polar surface area (TPSA) is 44.4 Å². The molecule has 0 aliphatic heterocycles. The van der Waals surface area contributed by atoms with E-state index in [1.165, 1.54) is 99.8 Å². The minimum Gasteiger partial charge on any atom is -0.309 e. The van der Waals surface area contributed by atoms with Crippen LogP contribution in [0.3, 0.4) is 0 Å². The molecule has 4 nitrogen and oxygen atoms in total. The first kappa shape index (κ1) is 53.7. The molecule has 1 aromatic heterocycles. The molecule has 1 N–H and O–H groups in total. The van der Waals surface area contributed by atoms with E-state index >= 15 is 0 Å². The van der Waals surface area contributed by atoms with Gasteiger partial charge in [0.1, 0.15) is 5.71 Å². The lowest BCUT2D eigenvalue weighted by Gasteiger charge is -2.31. The molecule has 5 aliphatic carbocycles. The van der Waals surface area contributed by atoms with Crippen molar-refractivity contribution in [3.63, 3.8) is 0 Å². The normalized spacial score (nSPS) is 14.9. The molecule has 2 spiro atoms. The van der Waals surface area contributed by atoms with Gasteiger partial charge in [-0.3, -0.25) is 5.41 Å². The molecule has 0 unspecified atom stereocenters. The van der Waals surface area contributed by atoms with Crippen molar-refractivity contribution in [2.45, 2.75) is 10.8 Å². The van der Waals surface area contributed by atoms with E-state index in [4.69, 9.17) is 17.2 Å². The Morgan fingerprint density at radius 2 is 0.695 bits per heavy atom. The number of aromatic nitrogens is 1. The molecule has 0 saturated carbocycles. The van der Waals surface area contributed by atoms with Gasteiger partial charge in [-0.1, -0.05) is 243 Å². The van der Waals surface area contributed by atoms with Gasteiger partial charge in [-0.15, -0.1) is 0 Å². The Kier molecular flexibility index (Phi) is 11.5. The summed E-state index contributed by atoms with van der Waals surface area (Å²) in [6.07, 6.45) is 4.22. The number of allylic oxidation sites excluding steroid dienone is 4. The van der Waals surface area contributed by atoms with Crippen LogP contribution >= 0.6 is 12.8 Å². The highest BCUT2D eigenvalue weighted by molar-refractivity contribution is 7.79. The van der Waals surface area contributed by atoms with Crippen LogP contribution in [0.2, 0.25) is 0 Å². The van der Waals surface area contributed by atoms with Crippen LogP contribution in [0.15, 0.2) is 338 Å². The Balaban J connectivity index is 0.725. The minimum atomic E-state index is -0.452. The van der Waals surface area contributed by atoms with Gasteiger partial charge in [0.15, 0.2) is 0 Å². The van der Waals surface area contributed by atoms with Gasteiger partial charge in [0, 0.05) is 33.4 Å². The van der Waals surface area contributed by atoms with E-state index in [-0.39, 0.29) is 0 Å². The van der Waals surface area contributed by atoms with Crippen LogP contribution in [0.25, 0.3) is 111 Å². The summed E-state index contributed by atoms with van der Waals surface area (Å²) in [5, 5.41) is 14.9. The second-order valence-electron chi connectivity index (χ2n) is 25.8. The molecule has 0 fully saturated rings. The second-order valence-corrected chi connectivity index (χ2v) is 26.0. The summed E-state index contributed by atoms with van der Waals surface area (Å²) < 4.78 is 7.10. The third-order valence-electron chi connectivity index (χ3n) is 21.4. The van der Waals surface area contributed by atoms with Crippen LogP contribution in [0.5, 0.6) is 0 Å². The van der Waals surface area contributed by atoms with Crippen LogP contribution in [0, 0.1) is 5.41 Å². The summed E-state index contributed by atoms with van der Waals surface area (Å²) in [6.45, 7) is 0. The molecule has 15 aromatic rings. The molecule has 1 heterocycles. The van der Waals surface area contributed by atoms with Crippen LogP contribution < -0.4 is 4.90 Å². The predicted molar refractivity (Wildman–Crippen MR) is 397 cm³/mol. The van der Waals surface area contributed by atoms with Crippen molar-refractivity contribution in [2.24, 2.45) is 4.40 Å². The summed E-state index contributed by atoms with van der Waals surface area (Å²) in [6, 6.07) is 116. The van der Waals surface area contributed by atoms with Crippen molar-refractivity contribution in [2.75, 3.05) is 4.90 Å². The zero-order valence-corrected chi connectivity index (χ0v) is 52.4. The van der Waals surface area contributed by atoms with Crippen molar-refractivity contribution >= 4 is 73.8 Å². The van der Waals surface area contributed by atoms with E-state index in [1.807, 2.05) is 0 Å². The molecular weight excluding hydrogens is 1170 g/mol. The number of nitrogens with zero attached hydrogens (tertiary/aromatic N) is 3. The molecule has 5 heteroatoms. The maximum Gasteiger partial charge on any atom is 0.121 e. The van der Waals surface area contributed by atoms with Crippen molar-refractivity contribution in [1.29, 1.82) is 5.41 Å². The highest BCUT2D eigenvalue weighted by Crippen LogP contribution is 2.65. The van der Waals surface area contributed by atoms with Crippen LogP contribution in [0.4, 0.5) is 11.4 Å². The monoisotopic (exact) mass is 1220 g/mol. The van der Waals surface area contributed by atoms with Crippen LogP contribution in [0.1, 0.15) is 50.1 Å². The fourth-order valence-corrected chi connectivity index (χ4v) is 17.6. The van der Waals surface area contributed by atoms with Gasteiger partial charge in [-0.2, -0.15) is 0 Å². The maximum absolute atomic E-state index is 10.2. The first-order chi connectivity index (χ1) is 47.0. The number of benzene rings is 14. The molecule has 0 atom stereocenters. The average molecular weight is 1230 g/mol. The van der Waals surface area contributed by atoms with Crippen molar-refractivity contribution < 1.29 is 0 Å². The van der Waals surface area contributed by atoms with Gasteiger partial charge < -0.3 is 9.47 Å². The van der Waals surface area contributed by atoms with E-state index < -0.39 is 10.8 Å². The molecule has 20 rings (SSSR count). The van der Waals surface area contributed by atoms with Crippen LogP contribution in [-0.4, -0.2) is 16.0 Å². The van der Waals surface area contributed by atoms with Crippen LogP contribution in [-0.2, 0) is 10.8 Å². The van der Waals surface area contributed by atoms with E-state index in [2.05, 4.69) is 337 Å². The number of thiol groups is 1. The highest BCUT2D eigenvalue weighted by Gasteiger charge is 2.53. The summed E-state index contributed by atoms with van der Waals surface area (Å²) in [5.74, 6) is 0. The first-order valence-electron chi connectivity index (χ1n) is 32.6. The zero-order chi connectivity index (χ0) is 62.7. The Morgan fingerprint density at radius 3 is 1.15 bits per heavy atom. The van der Waals surface area contributed by atoms with Gasteiger partial charge in [-0.05, 0) is 225 Å². The zero-order valence-electron chi connectivity index (χ0n) is 51.5. The lowest BCUT2D eigenvalue weighted by molar-refractivity contribution is 0.794. The predicted octanol–water partition coefficient (Wildman–Crippen LogP) is 22.4. The average Bonchev–Trinajstić information content (AvgIpc) is 1.52. The molecular formula is C90H56N4S.